The van der Waals surface area contributed by atoms with Crippen LogP contribution in [0.15, 0.2) is 23.8 Å². The summed E-state index contributed by atoms with van der Waals surface area (Å²) in [4.78, 5) is 0. The van der Waals surface area contributed by atoms with Gasteiger partial charge in [-0.15, -0.1) is 0 Å². The molecule has 4 rings (SSSR count). The number of rotatable bonds is 6. The molecule has 4 aliphatic carbocycles. The van der Waals surface area contributed by atoms with Gasteiger partial charge in [0.1, 0.15) is 0 Å². The molecule has 2 heteroatoms. The molecule has 176 valence electrons. The second-order valence-corrected chi connectivity index (χ2v) is 12.5. The molecule has 0 saturated heterocycles. The van der Waals surface area contributed by atoms with Gasteiger partial charge in [0.15, 0.2) is 0 Å². The SMILES string of the molecule is C=C(C)C(CC)CCC(C)C1CCC2C3C(O)C=C4CC(O)CCC4(C)C3CCC12C. The van der Waals surface area contributed by atoms with Crippen LogP contribution in [0.5, 0.6) is 0 Å². The highest BCUT2D eigenvalue weighted by atomic mass is 16.3. The van der Waals surface area contributed by atoms with Crippen LogP contribution in [0.1, 0.15) is 98.8 Å². The van der Waals surface area contributed by atoms with E-state index in [1.807, 2.05) is 0 Å². The van der Waals surface area contributed by atoms with Crippen LogP contribution in [-0.2, 0) is 0 Å². The highest BCUT2D eigenvalue weighted by molar-refractivity contribution is 5.27. The Hall–Kier alpha value is -0.600. The molecule has 31 heavy (non-hydrogen) atoms. The third-order valence-electron chi connectivity index (χ3n) is 11.0. The van der Waals surface area contributed by atoms with Gasteiger partial charge in [0, 0.05) is 0 Å². The number of hydrogen-bond acceptors (Lipinski definition) is 2. The maximum Gasteiger partial charge on any atom is 0.0757 e. The molecule has 3 fully saturated rings. The lowest BCUT2D eigenvalue weighted by Gasteiger charge is -2.59. The standard InChI is InChI=1S/C29H48O2/c1-7-20(18(2)3)9-8-19(4)23-10-11-24-27-25(13-15-29(23,24)6)28(5)14-12-22(30)16-21(28)17-26(27)31/h17,19-20,22-27,30-31H,2,7-16H2,1,3-6H3. The van der Waals surface area contributed by atoms with Crippen molar-refractivity contribution in [3.05, 3.63) is 23.8 Å². The average molecular weight is 429 g/mol. The Bertz CT molecular complexity index is 710. The third-order valence-corrected chi connectivity index (χ3v) is 11.0. The lowest BCUT2D eigenvalue weighted by Crippen LogP contribution is -2.54. The van der Waals surface area contributed by atoms with Gasteiger partial charge in [-0.1, -0.05) is 51.5 Å². The van der Waals surface area contributed by atoms with E-state index < -0.39 is 0 Å². The van der Waals surface area contributed by atoms with E-state index in [1.165, 1.54) is 56.1 Å². The Balaban J connectivity index is 1.52. The Morgan fingerprint density at radius 2 is 1.84 bits per heavy atom. The monoisotopic (exact) mass is 428 g/mol. The summed E-state index contributed by atoms with van der Waals surface area (Å²) >= 11 is 0. The van der Waals surface area contributed by atoms with E-state index in [0.717, 1.165) is 31.1 Å². The maximum absolute atomic E-state index is 11.3. The topological polar surface area (TPSA) is 40.5 Å². The van der Waals surface area contributed by atoms with E-state index in [0.29, 0.717) is 29.1 Å². The van der Waals surface area contributed by atoms with Gasteiger partial charge in [-0.2, -0.15) is 0 Å². The largest absolute Gasteiger partial charge is 0.393 e. The molecular weight excluding hydrogens is 380 g/mol. The summed E-state index contributed by atoms with van der Waals surface area (Å²) in [5.41, 5.74) is 3.29. The van der Waals surface area contributed by atoms with Crippen molar-refractivity contribution in [2.24, 2.45) is 46.3 Å². The molecule has 4 aliphatic rings. The van der Waals surface area contributed by atoms with Crippen molar-refractivity contribution in [2.75, 3.05) is 0 Å². The summed E-state index contributed by atoms with van der Waals surface area (Å²) < 4.78 is 0. The number of hydrogen-bond donors (Lipinski definition) is 2. The molecule has 0 aromatic heterocycles. The normalized spacial score (nSPS) is 46.4. The average Bonchev–Trinajstić information content (AvgIpc) is 3.06. The van der Waals surface area contributed by atoms with Crippen molar-refractivity contribution in [3.63, 3.8) is 0 Å². The van der Waals surface area contributed by atoms with Gasteiger partial charge in [0.25, 0.3) is 0 Å². The Labute approximate surface area is 191 Å². The van der Waals surface area contributed by atoms with Crippen molar-refractivity contribution in [3.8, 4) is 0 Å². The Morgan fingerprint density at radius 1 is 1.10 bits per heavy atom. The third kappa shape index (κ3) is 3.88. The summed E-state index contributed by atoms with van der Waals surface area (Å²) in [5, 5.41) is 21.6. The van der Waals surface area contributed by atoms with Crippen LogP contribution in [-0.4, -0.2) is 22.4 Å². The molecule has 10 atom stereocenters. The fourth-order valence-corrected chi connectivity index (χ4v) is 9.07. The zero-order valence-electron chi connectivity index (χ0n) is 20.9. The van der Waals surface area contributed by atoms with E-state index in [1.54, 1.807) is 0 Å². The first kappa shape index (κ1) is 23.6. The number of fused-ring (bicyclic) bond motifs is 5. The first-order chi connectivity index (χ1) is 14.6. The Kier molecular flexibility index (Phi) is 6.56. The van der Waals surface area contributed by atoms with E-state index >= 15 is 0 Å². The maximum atomic E-state index is 11.3. The first-order valence-corrected chi connectivity index (χ1v) is 13.3. The molecule has 2 nitrogen and oxygen atoms in total. The van der Waals surface area contributed by atoms with Crippen LogP contribution in [0.3, 0.4) is 0 Å². The summed E-state index contributed by atoms with van der Waals surface area (Å²) in [5.74, 6) is 3.88. The summed E-state index contributed by atoms with van der Waals surface area (Å²) in [6.45, 7) is 16.3. The van der Waals surface area contributed by atoms with Crippen LogP contribution < -0.4 is 0 Å². The van der Waals surface area contributed by atoms with Gasteiger partial charge < -0.3 is 10.2 Å². The molecule has 0 aromatic carbocycles. The molecule has 0 heterocycles. The quantitative estimate of drug-likeness (QED) is 0.451. The van der Waals surface area contributed by atoms with Crippen LogP contribution in [0.4, 0.5) is 0 Å². The summed E-state index contributed by atoms with van der Waals surface area (Å²) in [6.07, 6.45) is 13.5. The zero-order chi connectivity index (χ0) is 22.6. The second kappa shape index (κ2) is 8.64. The molecule has 0 spiro atoms. The minimum absolute atomic E-state index is 0.198. The van der Waals surface area contributed by atoms with E-state index in [4.69, 9.17) is 0 Å². The number of allylic oxidation sites excluding steroid dienone is 1. The second-order valence-electron chi connectivity index (χ2n) is 12.5. The molecule has 0 aromatic rings. The van der Waals surface area contributed by atoms with Crippen LogP contribution in [0.2, 0.25) is 0 Å². The molecule has 0 radical (unpaired) electrons. The van der Waals surface area contributed by atoms with Crippen LogP contribution in [0, 0.1) is 46.3 Å². The van der Waals surface area contributed by atoms with Gasteiger partial charge in [0.2, 0.25) is 0 Å². The van der Waals surface area contributed by atoms with E-state index in [9.17, 15) is 10.2 Å². The fourth-order valence-electron chi connectivity index (χ4n) is 9.07. The molecular formula is C29H48O2. The zero-order valence-corrected chi connectivity index (χ0v) is 20.9. The first-order valence-electron chi connectivity index (χ1n) is 13.3. The van der Waals surface area contributed by atoms with Crippen molar-refractivity contribution in [1.29, 1.82) is 0 Å². The smallest absolute Gasteiger partial charge is 0.0757 e. The van der Waals surface area contributed by atoms with E-state index in [2.05, 4.69) is 47.3 Å². The van der Waals surface area contributed by atoms with Gasteiger partial charge in [-0.05, 0) is 117 Å². The number of aliphatic hydroxyl groups is 2. The molecule has 10 unspecified atom stereocenters. The molecule has 0 aliphatic heterocycles. The molecule has 0 bridgehead atoms. The van der Waals surface area contributed by atoms with Crippen LogP contribution in [0.25, 0.3) is 0 Å². The minimum Gasteiger partial charge on any atom is -0.393 e. The van der Waals surface area contributed by atoms with E-state index in [-0.39, 0.29) is 17.6 Å². The number of aliphatic hydroxyl groups excluding tert-OH is 2. The summed E-state index contributed by atoms with van der Waals surface area (Å²) in [6, 6.07) is 0. The predicted octanol–water partition coefficient (Wildman–Crippen LogP) is 6.92. The lowest BCUT2D eigenvalue weighted by atomic mass is 9.46. The highest BCUT2D eigenvalue weighted by Crippen LogP contribution is 2.67. The van der Waals surface area contributed by atoms with Crippen LogP contribution >= 0.6 is 0 Å². The minimum atomic E-state index is -0.315. The van der Waals surface area contributed by atoms with Crippen molar-refractivity contribution < 1.29 is 10.2 Å². The Morgan fingerprint density at radius 3 is 2.52 bits per heavy atom. The molecule has 2 N–H and O–H groups in total. The summed E-state index contributed by atoms with van der Waals surface area (Å²) in [7, 11) is 0. The van der Waals surface area contributed by atoms with Crippen molar-refractivity contribution in [1.82, 2.24) is 0 Å². The predicted molar refractivity (Wildman–Crippen MR) is 130 cm³/mol. The van der Waals surface area contributed by atoms with Crippen molar-refractivity contribution >= 4 is 0 Å². The lowest BCUT2D eigenvalue weighted by molar-refractivity contribution is -0.0971. The molecule has 0 amide bonds. The molecule has 3 saturated carbocycles. The highest BCUT2D eigenvalue weighted by Gasteiger charge is 2.61. The van der Waals surface area contributed by atoms with Gasteiger partial charge >= 0.3 is 0 Å². The van der Waals surface area contributed by atoms with Gasteiger partial charge in [-0.3, -0.25) is 0 Å². The fraction of sp³-hybridized carbons (Fsp3) is 0.862. The van der Waals surface area contributed by atoms with Gasteiger partial charge in [-0.25, -0.2) is 0 Å². The van der Waals surface area contributed by atoms with Gasteiger partial charge in [0.05, 0.1) is 12.2 Å². The van der Waals surface area contributed by atoms with Crippen molar-refractivity contribution in [2.45, 2.75) is 111 Å².